The maximum Gasteiger partial charge on any atom is 0.309 e. The number of nitrogens with two attached hydrogens (primary N) is 1. The molecule has 0 saturated carbocycles. The fourth-order valence-corrected chi connectivity index (χ4v) is 4.45. The second-order valence-electron chi connectivity index (χ2n) is 10.4. The van der Waals surface area contributed by atoms with Crippen molar-refractivity contribution in [3.63, 3.8) is 0 Å². The van der Waals surface area contributed by atoms with Crippen LogP contribution in [0.5, 0.6) is 0 Å². The molecule has 0 saturated heterocycles. The van der Waals surface area contributed by atoms with Crippen LogP contribution in [0, 0.1) is 29.1 Å². The number of hydrogen-bond acceptors (Lipinski definition) is 3. The molecule has 0 aromatic rings. The first-order valence-electron chi connectivity index (χ1n) is 12.7. The highest BCUT2D eigenvalue weighted by Gasteiger charge is 2.32. The number of carbonyl (C=O) groups excluding carboxylic acids is 1. The average molecular weight is 462 g/mol. The van der Waals surface area contributed by atoms with Gasteiger partial charge in [-0.3, -0.25) is 19.9 Å². The van der Waals surface area contributed by atoms with Crippen molar-refractivity contribution < 1.29 is 14.7 Å². The molecule has 0 bridgehead atoms. The standard InChI is InChI=1S/C21H35N3O.C6H12O2/c1-15-10-13-19-17(14-15)12-11-16(2)18(19)8-6-4-5-7-9-20(25)24-21(22)23-3;1-4-6(2,3)5(7)8/h11-12,14-16,18-19H,4-10,13H2,1-3H3,(H3,22,23,24,25);4H2,1-3H3,(H,7,8)/t15-,16?,18?,19?;/m1./s1. The summed E-state index contributed by atoms with van der Waals surface area (Å²) < 4.78 is 0. The Bertz CT molecular complexity index is 724. The fourth-order valence-electron chi connectivity index (χ4n) is 4.45. The van der Waals surface area contributed by atoms with Crippen LogP contribution in [0.4, 0.5) is 0 Å². The SMILES string of the molecule is CCC(C)(C)C(=O)O.CN=C(N)NC(=O)CCCCCCC1C(C)C=CC2=C[C@H](C)CCC21. The van der Waals surface area contributed by atoms with Crippen molar-refractivity contribution in [2.45, 2.75) is 92.4 Å². The van der Waals surface area contributed by atoms with Crippen LogP contribution in [-0.4, -0.2) is 30.0 Å². The number of nitrogens with zero attached hydrogens (tertiary/aromatic N) is 1. The highest BCUT2D eigenvalue weighted by Crippen LogP contribution is 2.43. The van der Waals surface area contributed by atoms with Crippen LogP contribution in [0.3, 0.4) is 0 Å². The van der Waals surface area contributed by atoms with Gasteiger partial charge < -0.3 is 10.8 Å². The molecule has 6 heteroatoms. The zero-order chi connectivity index (χ0) is 25.0. The summed E-state index contributed by atoms with van der Waals surface area (Å²) in [6, 6.07) is 0. The van der Waals surface area contributed by atoms with E-state index in [1.54, 1.807) is 26.5 Å². The molecule has 0 aromatic heterocycles. The lowest BCUT2D eigenvalue weighted by Crippen LogP contribution is -2.36. The second kappa shape index (κ2) is 14.2. The molecule has 3 unspecified atom stereocenters. The summed E-state index contributed by atoms with van der Waals surface area (Å²) in [5.41, 5.74) is 6.54. The molecule has 2 aliphatic rings. The van der Waals surface area contributed by atoms with Gasteiger partial charge >= 0.3 is 5.97 Å². The van der Waals surface area contributed by atoms with E-state index in [2.05, 4.69) is 42.4 Å². The van der Waals surface area contributed by atoms with Crippen LogP contribution in [0.2, 0.25) is 0 Å². The van der Waals surface area contributed by atoms with Crippen molar-refractivity contribution in [2.75, 3.05) is 7.05 Å². The van der Waals surface area contributed by atoms with E-state index in [0.717, 1.165) is 30.6 Å². The number of allylic oxidation sites excluding steroid dienone is 4. The van der Waals surface area contributed by atoms with Gasteiger partial charge in [-0.05, 0) is 75.2 Å². The number of carboxylic acids is 1. The minimum atomic E-state index is -0.722. The van der Waals surface area contributed by atoms with Crippen LogP contribution in [0.15, 0.2) is 28.8 Å². The van der Waals surface area contributed by atoms with Gasteiger partial charge in [0, 0.05) is 13.5 Å². The van der Waals surface area contributed by atoms with Crippen LogP contribution in [0.25, 0.3) is 0 Å². The molecule has 0 aliphatic heterocycles. The van der Waals surface area contributed by atoms with E-state index < -0.39 is 11.4 Å². The lowest BCUT2D eigenvalue weighted by molar-refractivity contribution is -0.147. The molecule has 1 amide bonds. The van der Waals surface area contributed by atoms with Gasteiger partial charge in [-0.25, -0.2) is 0 Å². The van der Waals surface area contributed by atoms with Gasteiger partial charge in [-0.1, -0.05) is 58.3 Å². The van der Waals surface area contributed by atoms with Gasteiger partial charge in [-0.15, -0.1) is 0 Å². The second-order valence-corrected chi connectivity index (χ2v) is 10.4. The van der Waals surface area contributed by atoms with Gasteiger partial charge in [-0.2, -0.15) is 0 Å². The topological polar surface area (TPSA) is 105 Å². The summed E-state index contributed by atoms with van der Waals surface area (Å²) in [5, 5.41) is 11.0. The monoisotopic (exact) mass is 461 g/mol. The minimum absolute atomic E-state index is 0.0276. The molecular formula is C27H47N3O3. The summed E-state index contributed by atoms with van der Waals surface area (Å²) in [5.74, 6) is 2.46. The number of carboxylic acid groups (broad SMARTS) is 1. The Morgan fingerprint density at radius 1 is 1.18 bits per heavy atom. The molecule has 0 fully saturated rings. The molecule has 188 valence electrons. The molecule has 0 spiro atoms. The van der Waals surface area contributed by atoms with Crippen LogP contribution >= 0.6 is 0 Å². The zero-order valence-corrected chi connectivity index (χ0v) is 21.7. The number of carbonyl (C=O) groups is 2. The van der Waals surface area contributed by atoms with Gasteiger partial charge in [0.1, 0.15) is 0 Å². The predicted octanol–water partition coefficient (Wildman–Crippen LogP) is 5.69. The van der Waals surface area contributed by atoms with Crippen LogP contribution in [-0.2, 0) is 9.59 Å². The van der Waals surface area contributed by atoms with Gasteiger partial charge in [0.25, 0.3) is 0 Å². The molecule has 0 heterocycles. The summed E-state index contributed by atoms with van der Waals surface area (Å²) in [6.45, 7) is 10.0. The first-order chi connectivity index (χ1) is 15.5. The van der Waals surface area contributed by atoms with E-state index in [1.165, 1.54) is 32.1 Å². The third-order valence-electron chi connectivity index (χ3n) is 7.29. The summed E-state index contributed by atoms with van der Waals surface area (Å²) in [4.78, 5) is 25.6. The zero-order valence-electron chi connectivity index (χ0n) is 21.7. The smallest absolute Gasteiger partial charge is 0.309 e. The minimum Gasteiger partial charge on any atom is -0.481 e. The van der Waals surface area contributed by atoms with Crippen molar-refractivity contribution in [2.24, 2.45) is 39.8 Å². The van der Waals surface area contributed by atoms with Gasteiger partial charge in [0.15, 0.2) is 5.96 Å². The Labute approximate surface area is 201 Å². The number of unbranched alkanes of at least 4 members (excludes halogenated alkanes) is 3. The number of amides is 1. The lowest BCUT2D eigenvalue weighted by Gasteiger charge is -2.38. The molecule has 4 N–H and O–H groups in total. The van der Waals surface area contributed by atoms with E-state index in [1.807, 2.05) is 6.92 Å². The highest BCUT2D eigenvalue weighted by atomic mass is 16.4. The number of rotatable bonds is 9. The van der Waals surface area contributed by atoms with Crippen molar-refractivity contribution in [1.82, 2.24) is 5.32 Å². The van der Waals surface area contributed by atoms with Crippen molar-refractivity contribution in [1.29, 1.82) is 0 Å². The first-order valence-corrected chi connectivity index (χ1v) is 12.7. The fraction of sp³-hybridized carbons (Fsp3) is 0.741. The Balaban J connectivity index is 0.000000582. The average Bonchev–Trinajstić information content (AvgIpc) is 2.77. The number of guanidine groups is 1. The van der Waals surface area contributed by atoms with E-state index in [-0.39, 0.29) is 11.9 Å². The summed E-state index contributed by atoms with van der Waals surface area (Å²) >= 11 is 0. The predicted molar refractivity (Wildman–Crippen MR) is 137 cm³/mol. The molecule has 2 rings (SSSR count). The molecule has 2 aliphatic carbocycles. The number of nitrogens with one attached hydrogen (secondary N) is 1. The normalized spacial score (nSPS) is 24.8. The number of aliphatic carboxylic acids is 1. The Hall–Kier alpha value is -2.11. The molecular weight excluding hydrogens is 414 g/mol. The molecule has 0 radical (unpaired) electrons. The largest absolute Gasteiger partial charge is 0.481 e. The molecule has 33 heavy (non-hydrogen) atoms. The quantitative estimate of drug-likeness (QED) is 0.233. The maximum absolute atomic E-state index is 11.6. The van der Waals surface area contributed by atoms with Gasteiger partial charge in [0.05, 0.1) is 5.41 Å². The summed E-state index contributed by atoms with van der Waals surface area (Å²) in [7, 11) is 1.57. The number of fused-ring (bicyclic) bond motifs is 1. The molecule has 6 nitrogen and oxygen atoms in total. The van der Waals surface area contributed by atoms with Crippen molar-refractivity contribution in [3.05, 3.63) is 23.8 Å². The van der Waals surface area contributed by atoms with E-state index in [0.29, 0.717) is 18.8 Å². The van der Waals surface area contributed by atoms with Crippen LogP contribution < -0.4 is 11.1 Å². The Kier molecular flexibility index (Phi) is 12.5. The maximum atomic E-state index is 11.6. The third-order valence-corrected chi connectivity index (χ3v) is 7.29. The highest BCUT2D eigenvalue weighted by molar-refractivity contribution is 5.95. The lowest BCUT2D eigenvalue weighted by atomic mass is 9.67. The summed E-state index contributed by atoms with van der Waals surface area (Å²) in [6.07, 6.45) is 17.0. The first kappa shape index (κ1) is 28.9. The Morgan fingerprint density at radius 3 is 2.42 bits per heavy atom. The van der Waals surface area contributed by atoms with E-state index in [4.69, 9.17) is 10.8 Å². The van der Waals surface area contributed by atoms with Crippen molar-refractivity contribution >= 4 is 17.8 Å². The van der Waals surface area contributed by atoms with Crippen LogP contribution in [0.1, 0.15) is 92.4 Å². The number of aliphatic imine (C=N–C) groups is 1. The van der Waals surface area contributed by atoms with Crippen molar-refractivity contribution in [3.8, 4) is 0 Å². The Morgan fingerprint density at radius 2 is 1.85 bits per heavy atom. The van der Waals surface area contributed by atoms with E-state index in [9.17, 15) is 9.59 Å². The number of hydrogen-bond donors (Lipinski definition) is 3. The van der Waals surface area contributed by atoms with E-state index >= 15 is 0 Å². The third kappa shape index (κ3) is 10.1. The van der Waals surface area contributed by atoms with Gasteiger partial charge in [0.2, 0.25) is 5.91 Å². The molecule has 4 atom stereocenters. The molecule has 0 aromatic carbocycles.